The van der Waals surface area contributed by atoms with E-state index in [9.17, 15) is 4.79 Å². The van der Waals surface area contributed by atoms with Crippen LogP contribution in [-0.2, 0) is 17.6 Å². The van der Waals surface area contributed by atoms with Gasteiger partial charge in [-0.2, -0.15) is 0 Å². The lowest BCUT2D eigenvalue weighted by molar-refractivity contribution is -0.115. The predicted octanol–water partition coefficient (Wildman–Crippen LogP) is 4.07. The Morgan fingerprint density at radius 1 is 0.913 bits per heavy atom. The van der Waals surface area contributed by atoms with Gasteiger partial charge in [0.1, 0.15) is 0 Å². The molecule has 1 saturated heterocycles. The van der Waals surface area contributed by atoms with Crippen LogP contribution < -0.4 is 9.80 Å². The molecule has 23 heavy (non-hydrogen) atoms. The van der Waals surface area contributed by atoms with E-state index in [-0.39, 0.29) is 5.91 Å². The average molecular weight is 306 g/mol. The lowest BCUT2D eigenvalue weighted by Crippen LogP contribution is -2.24. The number of carbonyl (C=O) groups excluding carboxylic acids is 1. The van der Waals surface area contributed by atoms with Crippen LogP contribution in [0.25, 0.3) is 0 Å². The van der Waals surface area contributed by atoms with Gasteiger partial charge in [-0.1, -0.05) is 24.3 Å². The minimum Gasteiger partial charge on any atom is -0.371 e. The number of carbonyl (C=O) groups is 1. The largest absolute Gasteiger partial charge is 0.371 e. The number of anilines is 3. The number of hydrogen-bond donors (Lipinski definition) is 0. The maximum atomic E-state index is 12.4. The van der Waals surface area contributed by atoms with Crippen LogP contribution >= 0.6 is 0 Å². The summed E-state index contributed by atoms with van der Waals surface area (Å²) in [6.45, 7) is 3.90. The number of rotatable bonds is 1. The molecule has 2 aromatic carbocycles. The number of benzene rings is 2. The molecule has 3 nitrogen and oxygen atoms in total. The zero-order valence-electron chi connectivity index (χ0n) is 13.6. The number of aryl methyl sites for hydroxylation is 2. The van der Waals surface area contributed by atoms with Gasteiger partial charge >= 0.3 is 0 Å². The highest BCUT2D eigenvalue weighted by molar-refractivity contribution is 6.01. The molecular formula is C20H22N2O. The number of hydrogen-bond acceptors (Lipinski definition) is 2. The zero-order chi connectivity index (χ0) is 15.8. The van der Waals surface area contributed by atoms with Crippen LogP contribution in [0.5, 0.6) is 0 Å². The second kappa shape index (κ2) is 5.73. The van der Waals surface area contributed by atoms with Gasteiger partial charge in [0.05, 0.1) is 11.4 Å². The van der Waals surface area contributed by atoms with Gasteiger partial charge in [-0.3, -0.25) is 9.69 Å². The Labute approximate surface area is 137 Å². The first kappa shape index (κ1) is 14.3. The van der Waals surface area contributed by atoms with Crippen LogP contribution in [0.15, 0.2) is 42.5 Å². The zero-order valence-corrected chi connectivity index (χ0v) is 13.6. The summed E-state index contributed by atoms with van der Waals surface area (Å²) in [6, 6.07) is 14.9. The first-order valence-electron chi connectivity index (χ1n) is 8.50. The molecule has 2 aliphatic heterocycles. The maximum Gasteiger partial charge on any atom is 0.228 e. The normalized spacial score (nSPS) is 16.7. The Kier molecular flexibility index (Phi) is 3.56. The molecule has 118 valence electrons. The number of amides is 1. The molecule has 2 heterocycles. The fourth-order valence-electron chi connectivity index (χ4n) is 3.82. The van der Waals surface area contributed by atoms with Crippen molar-refractivity contribution in [2.75, 3.05) is 22.9 Å². The molecule has 0 bridgehead atoms. The summed E-state index contributed by atoms with van der Waals surface area (Å²) < 4.78 is 0. The Morgan fingerprint density at radius 3 is 2.35 bits per heavy atom. The molecule has 0 aromatic heterocycles. The molecule has 0 unspecified atom stereocenters. The van der Waals surface area contributed by atoms with E-state index < -0.39 is 0 Å². The van der Waals surface area contributed by atoms with Crippen LogP contribution in [0.1, 0.15) is 30.9 Å². The SMILES string of the molecule is CC(=O)N1c2ccccc2CCc2ccc(N3CCCC3)cc21. The van der Waals surface area contributed by atoms with Crippen LogP contribution in [0, 0.1) is 0 Å². The molecule has 2 aromatic rings. The average Bonchev–Trinajstić information content (AvgIpc) is 3.03. The Balaban J connectivity index is 1.84. The molecule has 1 amide bonds. The fourth-order valence-corrected chi connectivity index (χ4v) is 3.82. The van der Waals surface area contributed by atoms with Gasteiger partial charge in [0, 0.05) is 25.7 Å². The molecule has 2 aliphatic rings. The van der Waals surface area contributed by atoms with Crippen molar-refractivity contribution in [3.63, 3.8) is 0 Å². The van der Waals surface area contributed by atoms with Crippen LogP contribution in [0.2, 0.25) is 0 Å². The fraction of sp³-hybridized carbons (Fsp3) is 0.350. The second-order valence-corrected chi connectivity index (χ2v) is 6.49. The summed E-state index contributed by atoms with van der Waals surface area (Å²) in [4.78, 5) is 16.7. The lowest BCUT2D eigenvalue weighted by Gasteiger charge is -2.26. The van der Waals surface area contributed by atoms with E-state index in [1.54, 1.807) is 6.92 Å². The van der Waals surface area contributed by atoms with E-state index in [0.29, 0.717) is 0 Å². The van der Waals surface area contributed by atoms with Crippen molar-refractivity contribution in [3.8, 4) is 0 Å². The second-order valence-electron chi connectivity index (χ2n) is 6.49. The van der Waals surface area contributed by atoms with E-state index in [0.717, 1.165) is 37.3 Å². The van der Waals surface area contributed by atoms with E-state index in [4.69, 9.17) is 0 Å². The van der Waals surface area contributed by atoms with Crippen molar-refractivity contribution in [2.24, 2.45) is 0 Å². The van der Waals surface area contributed by atoms with Crippen LogP contribution in [0.4, 0.5) is 17.1 Å². The number of para-hydroxylation sites is 1. The third-order valence-corrected chi connectivity index (χ3v) is 4.99. The molecule has 0 spiro atoms. The quantitative estimate of drug-likeness (QED) is 0.793. The molecule has 3 heteroatoms. The molecule has 0 saturated carbocycles. The van der Waals surface area contributed by atoms with Crippen molar-refractivity contribution < 1.29 is 4.79 Å². The first-order valence-corrected chi connectivity index (χ1v) is 8.50. The summed E-state index contributed by atoms with van der Waals surface area (Å²) in [7, 11) is 0. The summed E-state index contributed by atoms with van der Waals surface area (Å²) in [5.74, 6) is 0.0826. The van der Waals surface area contributed by atoms with Gasteiger partial charge in [-0.25, -0.2) is 0 Å². The van der Waals surface area contributed by atoms with Crippen molar-refractivity contribution >= 4 is 23.0 Å². The summed E-state index contributed by atoms with van der Waals surface area (Å²) in [5.41, 5.74) is 5.86. The predicted molar refractivity (Wildman–Crippen MR) is 94.6 cm³/mol. The molecule has 0 N–H and O–H groups in total. The monoisotopic (exact) mass is 306 g/mol. The number of fused-ring (bicyclic) bond motifs is 2. The standard InChI is InChI=1S/C20H22N2O/c1-15(23)22-19-7-3-2-6-16(19)8-9-17-10-11-18(14-20(17)22)21-12-4-5-13-21/h2-3,6-7,10-11,14H,4-5,8-9,12-13H2,1H3. The highest BCUT2D eigenvalue weighted by Crippen LogP contribution is 2.38. The molecular weight excluding hydrogens is 284 g/mol. The summed E-state index contributed by atoms with van der Waals surface area (Å²) >= 11 is 0. The van der Waals surface area contributed by atoms with Gasteiger partial charge in [0.25, 0.3) is 0 Å². The van der Waals surface area contributed by atoms with E-state index in [2.05, 4.69) is 41.3 Å². The third kappa shape index (κ3) is 2.50. The van der Waals surface area contributed by atoms with Crippen molar-refractivity contribution in [3.05, 3.63) is 53.6 Å². The maximum absolute atomic E-state index is 12.4. The summed E-state index contributed by atoms with van der Waals surface area (Å²) in [6.07, 6.45) is 4.49. The van der Waals surface area contributed by atoms with Gasteiger partial charge in [0.2, 0.25) is 5.91 Å². The van der Waals surface area contributed by atoms with Crippen molar-refractivity contribution in [2.45, 2.75) is 32.6 Å². The third-order valence-electron chi connectivity index (χ3n) is 4.99. The van der Waals surface area contributed by atoms with Crippen LogP contribution in [-0.4, -0.2) is 19.0 Å². The van der Waals surface area contributed by atoms with Gasteiger partial charge in [-0.05, 0) is 55.0 Å². The first-order chi connectivity index (χ1) is 11.2. The molecule has 0 aliphatic carbocycles. The highest BCUT2D eigenvalue weighted by Gasteiger charge is 2.24. The molecule has 0 radical (unpaired) electrons. The Bertz CT molecular complexity index is 747. The lowest BCUT2D eigenvalue weighted by atomic mass is 10.0. The van der Waals surface area contributed by atoms with Gasteiger partial charge < -0.3 is 4.90 Å². The van der Waals surface area contributed by atoms with Gasteiger partial charge in [-0.15, -0.1) is 0 Å². The smallest absolute Gasteiger partial charge is 0.228 e. The van der Waals surface area contributed by atoms with Crippen LogP contribution in [0.3, 0.4) is 0 Å². The Morgan fingerprint density at radius 2 is 1.61 bits per heavy atom. The number of nitrogens with zero attached hydrogens (tertiary/aromatic N) is 2. The van der Waals surface area contributed by atoms with Gasteiger partial charge in [0.15, 0.2) is 0 Å². The minimum absolute atomic E-state index is 0.0826. The molecule has 1 fully saturated rings. The Hall–Kier alpha value is -2.29. The summed E-state index contributed by atoms with van der Waals surface area (Å²) in [5, 5.41) is 0. The topological polar surface area (TPSA) is 23.6 Å². The molecule has 4 rings (SSSR count). The highest BCUT2D eigenvalue weighted by atomic mass is 16.2. The minimum atomic E-state index is 0.0826. The van der Waals surface area contributed by atoms with E-state index in [1.807, 2.05) is 11.0 Å². The van der Waals surface area contributed by atoms with Crippen molar-refractivity contribution in [1.82, 2.24) is 0 Å². The van der Waals surface area contributed by atoms with Crippen molar-refractivity contribution in [1.29, 1.82) is 0 Å². The van der Waals surface area contributed by atoms with E-state index >= 15 is 0 Å². The van der Waals surface area contributed by atoms with E-state index in [1.165, 1.54) is 29.7 Å². The molecule has 0 atom stereocenters.